The molecule has 0 amide bonds. The van der Waals surface area contributed by atoms with Crippen LogP contribution in [-0.2, 0) is 0 Å². The van der Waals surface area contributed by atoms with Crippen LogP contribution in [0.15, 0.2) is 12.1 Å². The normalized spacial score (nSPS) is 23.2. The number of nitrogens with one attached hydrogen (secondary N) is 2. The van der Waals surface area contributed by atoms with Gasteiger partial charge in [0.2, 0.25) is 0 Å². The first kappa shape index (κ1) is 15.5. The molecule has 2 unspecified atom stereocenters. The SMILES string of the molecule is CCCNc1cc([N+](=O)[O-])cc(NC2CC(O)C2(C)C)n1. The molecule has 1 aliphatic rings. The summed E-state index contributed by atoms with van der Waals surface area (Å²) in [4.78, 5) is 14.9. The van der Waals surface area contributed by atoms with E-state index in [1.165, 1.54) is 12.1 Å². The van der Waals surface area contributed by atoms with E-state index < -0.39 is 4.92 Å². The molecule has 0 saturated heterocycles. The van der Waals surface area contributed by atoms with Crippen molar-refractivity contribution in [1.82, 2.24) is 4.98 Å². The zero-order valence-corrected chi connectivity index (χ0v) is 12.6. The number of pyridine rings is 1. The van der Waals surface area contributed by atoms with E-state index in [1.54, 1.807) is 0 Å². The number of hydrogen-bond donors (Lipinski definition) is 3. The standard InChI is InChI=1S/C14H22N4O3/c1-4-5-15-12-6-9(18(20)21)7-13(17-12)16-10-8-11(19)14(10,2)3/h6-7,10-11,19H,4-5,8H2,1-3H3,(H2,15,16,17). The van der Waals surface area contributed by atoms with Gasteiger partial charge in [0, 0.05) is 18.0 Å². The minimum atomic E-state index is -0.426. The van der Waals surface area contributed by atoms with Crippen LogP contribution in [0.25, 0.3) is 0 Å². The molecule has 2 rings (SSSR count). The van der Waals surface area contributed by atoms with Gasteiger partial charge in [-0.05, 0) is 12.8 Å². The van der Waals surface area contributed by atoms with E-state index >= 15 is 0 Å². The van der Waals surface area contributed by atoms with Crippen LogP contribution in [0.4, 0.5) is 17.3 Å². The van der Waals surface area contributed by atoms with Crippen LogP contribution >= 0.6 is 0 Å². The average Bonchev–Trinajstić information content (AvgIpc) is 2.44. The summed E-state index contributed by atoms with van der Waals surface area (Å²) >= 11 is 0. The van der Waals surface area contributed by atoms with Crippen molar-refractivity contribution in [2.75, 3.05) is 17.2 Å². The number of hydrogen-bond acceptors (Lipinski definition) is 6. The summed E-state index contributed by atoms with van der Waals surface area (Å²) in [5.41, 5.74) is -0.257. The van der Waals surface area contributed by atoms with Crippen LogP contribution in [0.2, 0.25) is 0 Å². The molecule has 0 spiro atoms. The molecule has 2 atom stereocenters. The summed E-state index contributed by atoms with van der Waals surface area (Å²) in [6.45, 7) is 6.65. The highest BCUT2D eigenvalue weighted by Crippen LogP contribution is 2.42. The van der Waals surface area contributed by atoms with E-state index in [0.717, 1.165) is 6.42 Å². The van der Waals surface area contributed by atoms with Crippen molar-refractivity contribution in [3.8, 4) is 0 Å². The molecule has 21 heavy (non-hydrogen) atoms. The van der Waals surface area contributed by atoms with Crippen LogP contribution in [0.3, 0.4) is 0 Å². The highest BCUT2D eigenvalue weighted by molar-refractivity contribution is 5.55. The van der Waals surface area contributed by atoms with E-state index in [2.05, 4.69) is 15.6 Å². The van der Waals surface area contributed by atoms with E-state index in [4.69, 9.17) is 0 Å². The summed E-state index contributed by atoms with van der Waals surface area (Å²) in [7, 11) is 0. The second kappa shape index (κ2) is 5.85. The monoisotopic (exact) mass is 294 g/mol. The molecule has 7 nitrogen and oxygen atoms in total. The van der Waals surface area contributed by atoms with Gasteiger partial charge in [-0.25, -0.2) is 4.98 Å². The minimum absolute atomic E-state index is 0.00350. The maximum absolute atomic E-state index is 11.0. The first-order valence-corrected chi connectivity index (χ1v) is 7.19. The van der Waals surface area contributed by atoms with Crippen LogP contribution < -0.4 is 10.6 Å². The van der Waals surface area contributed by atoms with Gasteiger partial charge in [-0.3, -0.25) is 10.1 Å². The summed E-state index contributed by atoms with van der Waals surface area (Å²) in [6, 6.07) is 2.92. The summed E-state index contributed by atoms with van der Waals surface area (Å²) in [5, 5.41) is 27.0. The highest BCUT2D eigenvalue weighted by atomic mass is 16.6. The van der Waals surface area contributed by atoms with Gasteiger partial charge in [-0.1, -0.05) is 20.8 Å². The number of aliphatic hydroxyl groups excluding tert-OH is 1. The molecular formula is C14H22N4O3. The van der Waals surface area contributed by atoms with Gasteiger partial charge in [0.15, 0.2) is 0 Å². The Morgan fingerprint density at radius 2 is 2.14 bits per heavy atom. The van der Waals surface area contributed by atoms with Crippen LogP contribution in [-0.4, -0.2) is 33.7 Å². The number of aromatic nitrogens is 1. The van der Waals surface area contributed by atoms with Gasteiger partial charge >= 0.3 is 0 Å². The Balaban J connectivity index is 2.18. The first-order chi connectivity index (χ1) is 9.84. The van der Waals surface area contributed by atoms with Gasteiger partial charge in [-0.15, -0.1) is 0 Å². The minimum Gasteiger partial charge on any atom is -0.392 e. The molecule has 1 aromatic rings. The number of nitrogens with zero attached hydrogens (tertiary/aromatic N) is 2. The lowest BCUT2D eigenvalue weighted by atomic mass is 9.64. The predicted molar refractivity (Wildman–Crippen MR) is 81.5 cm³/mol. The van der Waals surface area contributed by atoms with Crippen LogP contribution in [0.5, 0.6) is 0 Å². The molecule has 0 bridgehead atoms. The second-order valence-corrected chi connectivity index (χ2v) is 6.05. The Morgan fingerprint density at radius 3 is 2.67 bits per heavy atom. The fourth-order valence-corrected chi connectivity index (χ4v) is 2.37. The highest BCUT2D eigenvalue weighted by Gasteiger charge is 2.47. The van der Waals surface area contributed by atoms with E-state index in [-0.39, 0.29) is 23.2 Å². The zero-order valence-electron chi connectivity index (χ0n) is 12.6. The topological polar surface area (TPSA) is 100 Å². The predicted octanol–water partition coefficient (Wildman–Crippen LogP) is 2.38. The average molecular weight is 294 g/mol. The lowest BCUT2D eigenvalue weighted by Crippen LogP contribution is -2.57. The molecule has 7 heteroatoms. The second-order valence-electron chi connectivity index (χ2n) is 6.05. The van der Waals surface area contributed by atoms with Crippen molar-refractivity contribution in [2.24, 2.45) is 5.41 Å². The molecule has 0 aromatic carbocycles. The third-order valence-corrected chi connectivity index (χ3v) is 4.12. The fourth-order valence-electron chi connectivity index (χ4n) is 2.37. The molecular weight excluding hydrogens is 272 g/mol. The van der Waals surface area contributed by atoms with Gasteiger partial charge in [0.05, 0.1) is 23.2 Å². The van der Waals surface area contributed by atoms with Crippen molar-refractivity contribution >= 4 is 17.3 Å². The Kier molecular flexibility index (Phi) is 4.32. The van der Waals surface area contributed by atoms with Gasteiger partial charge < -0.3 is 15.7 Å². The van der Waals surface area contributed by atoms with Gasteiger partial charge in [0.25, 0.3) is 5.69 Å². The summed E-state index contributed by atoms with van der Waals surface area (Å²) < 4.78 is 0. The number of rotatable bonds is 6. The molecule has 1 aromatic heterocycles. The zero-order chi connectivity index (χ0) is 15.6. The van der Waals surface area contributed by atoms with Crippen molar-refractivity contribution < 1.29 is 10.0 Å². The molecule has 0 aliphatic heterocycles. The largest absolute Gasteiger partial charge is 0.392 e. The Hall–Kier alpha value is -1.89. The molecule has 1 saturated carbocycles. The van der Waals surface area contributed by atoms with E-state index in [1.807, 2.05) is 20.8 Å². The third kappa shape index (κ3) is 3.24. The summed E-state index contributed by atoms with van der Waals surface area (Å²) in [5.74, 6) is 0.957. The smallest absolute Gasteiger partial charge is 0.276 e. The number of nitro groups is 1. The van der Waals surface area contributed by atoms with Gasteiger partial charge in [0.1, 0.15) is 11.6 Å². The van der Waals surface area contributed by atoms with E-state index in [9.17, 15) is 15.2 Å². The molecule has 1 heterocycles. The number of aliphatic hydroxyl groups is 1. The van der Waals surface area contributed by atoms with Crippen LogP contribution in [0.1, 0.15) is 33.6 Å². The third-order valence-electron chi connectivity index (χ3n) is 4.12. The molecule has 0 radical (unpaired) electrons. The molecule has 1 aliphatic carbocycles. The van der Waals surface area contributed by atoms with Gasteiger partial charge in [-0.2, -0.15) is 0 Å². The fraction of sp³-hybridized carbons (Fsp3) is 0.643. The van der Waals surface area contributed by atoms with Crippen molar-refractivity contribution in [3.05, 3.63) is 22.2 Å². The van der Waals surface area contributed by atoms with E-state index in [0.29, 0.717) is 24.6 Å². The Labute approximate surface area is 123 Å². The molecule has 1 fully saturated rings. The van der Waals surface area contributed by atoms with Crippen molar-refractivity contribution in [2.45, 2.75) is 45.8 Å². The quantitative estimate of drug-likeness (QED) is 0.550. The molecule has 3 N–H and O–H groups in total. The Bertz CT molecular complexity index is 533. The lowest BCUT2D eigenvalue weighted by molar-refractivity contribution is -0.384. The maximum atomic E-state index is 11.0. The summed E-state index contributed by atoms with van der Waals surface area (Å²) in [6.07, 6.45) is 1.18. The first-order valence-electron chi connectivity index (χ1n) is 7.19. The lowest BCUT2D eigenvalue weighted by Gasteiger charge is -2.49. The van der Waals surface area contributed by atoms with Crippen molar-refractivity contribution in [3.63, 3.8) is 0 Å². The Morgan fingerprint density at radius 1 is 1.48 bits per heavy atom. The molecule has 116 valence electrons. The van der Waals surface area contributed by atoms with Crippen molar-refractivity contribution in [1.29, 1.82) is 0 Å². The number of anilines is 2. The van der Waals surface area contributed by atoms with Crippen LogP contribution in [0, 0.1) is 15.5 Å². The maximum Gasteiger partial charge on any atom is 0.276 e.